The van der Waals surface area contributed by atoms with E-state index in [1.165, 1.54) is 11.8 Å². The van der Waals surface area contributed by atoms with Crippen LogP contribution >= 0.6 is 23.1 Å². The molecule has 1 aromatic heterocycles. The molecule has 0 radical (unpaired) electrons. The topological polar surface area (TPSA) is 94.3 Å². The number of carbonyl (C=O) groups excluding carboxylic acids is 2. The van der Waals surface area contributed by atoms with Crippen molar-refractivity contribution in [1.82, 2.24) is 4.98 Å². The van der Waals surface area contributed by atoms with Gasteiger partial charge in [-0.05, 0) is 36.4 Å². The van der Waals surface area contributed by atoms with E-state index in [0.29, 0.717) is 22.9 Å². The number of primary amides is 1. The maximum atomic E-state index is 12.1. The van der Waals surface area contributed by atoms with Gasteiger partial charge in [0.25, 0.3) is 0 Å². The van der Waals surface area contributed by atoms with Gasteiger partial charge in [0, 0.05) is 11.4 Å². The van der Waals surface area contributed by atoms with E-state index in [-0.39, 0.29) is 18.9 Å². The maximum absolute atomic E-state index is 12.1. The van der Waals surface area contributed by atoms with Crippen LogP contribution in [0.3, 0.4) is 0 Å². The lowest BCUT2D eigenvalue weighted by atomic mass is 10.3. The summed E-state index contributed by atoms with van der Waals surface area (Å²) in [6.07, 6.45) is 0.171. The van der Waals surface area contributed by atoms with Crippen molar-refractivity contribution in [2.24, 2.45) is 5.73 Å². The van der Waals surface area contributed by atoms with E-state index in [0.717, 1.165) is 15.2 Å². The number of thioether (sulfide) groups is 1. The van der Waals surface area contributed by atoms with Gasteiger partial charge in [0.05, 0.1) is 29.0 Å². The Bertz CT molecular complexity index is 892. The number of anilines is 1. The molecule has 6 nitrogen and oxygen atoms in total. The highest BCUT2D eigenvalue weighted by molar-refractivity contribution is 7.99. The lowest BCUT2D eigenvalue weighted by molar-refractivity contribution is -0.118. The predicted molar refractivity (Wildman–Crippen MR) is 110 cm³/mol. The standard InChI is InChI=1S/C19H19N3O3S2/c20-17(23)9-10-25-14-7-5-13(6-8-14)21-18(24)11-26-12-19-22-15-3-1-2-4-16(15)27-19/h1-8H,9-12H2,(H2,20,23)(H,21,24). The molecule has 8 heteroatoms. The fraction of sp³-hybridized carbons (Fsp3) is 0.211. The highest BCUT2D eigenvalue weighted by Crippen LogP contribution is 2.25. The van der Waals surface area contributed by atoms with Crippen molar-refractivity contribution in [3.8, 4) is 5.75 Å². The Kier molecular flexibility index (Phi) is 6.67. The quantitative estimate of drug-likeness (QED) is 0.573. The van der Waals surface area contributed by atoms with Gasteiger partial charge in [0.2, 0.25) is 11.8 Å². The molecule has 2 aromatic carbocycles. The SMILES string of the molecule is NC(=O)CCOc1ccc(NC(=O)CSCc2nc3ccccc3s2)cc1. The second-order valence-electron chi connectivity index (χ2n) is 5.71. The molecule has 27 heavy (non-hydrogen) atoms. The number of hydrogen-bond donors (Lipinski definition) is 2. The van der Waals surface area contributed by atoms with Crippen molar-refractivity contribution in [2.75, 3.05) is 17.7 Å². The monoisotopic (exact) mass is 401 g/mol. The molecule has 0 aliphatic carbocycles. The summed E-state index contributed by atoms with van der Waals surface area (Å²) in [4.78, 5) is 27.3. The molecule has 140 valence electrons. The minimum absolute atomic E-state index is 0.0662. The lowest BCUT2D eigenvalue weighted by Crippen LogP contribution is -2.15. The molecular weight excluding hydrogens is 382 g/mol. The van der Waals surface area contributed by atoms with E-state index in [1.54, 1.807) is 35.6 Å². The number of benzene rings is 2. The van der Waals surface area contributed by atoms with E-state index in [9.17, 15) is 9.59 Å². The molecule has 0 unspecified atom stereocenters. The number of fused-ring (bicyclic) bond motifs is 1. The van der Waals surface area contributed by atoms with Crippen LogP contribution in [-0.4, -0.2) is 29.2 Å². The Morgan fingerprint density at radius 1 is 1.15 bits per heavy atom. The van der Waals surface area contributed by atoms with Crippen LogP contribution in [0.4, 0.5) is 5.69 Å². The van der Waals surface area contributed by atoms with Gasteiger partial charge < -0.3 is 15.8 Å². The summed E-state index contributed by atoms with van der Waals surface area (Å²) < 4.78 is 6.55. The van der Waals surface area contributed by atoms with Crippen molar-refractivity contribution in [3.05, 3.63) is 53.5 Å². The molecule has 3 aromatic rings. The molecule has 0 aliphatic heterocycles. The number of carbonyl (C=O) groups is 2. The Balaban J connectivity index is 1.41. The third kappa shape index (κ3) is 5.97. The molecule has 3 rings (SSSR count). The number of ether oxygens (including phenoxy) is 1. The minimum Gasteiger partial charge on any atom is -0.493 e. The molecule has 2 amide bonds. The van der Waals surface area contributed by atoms with Crippen LogP contribution in [0.5, 0.6) is 5.75 Å². The second-order valence-corrected chi connectivity index (χ2v) is 7.81. The van der Waals surface area contributed by atoms with E-state index in [4.69, 9.17) is 10.5 Å². The van der Waals surface area contributed by atoms with Crippen molar-refractivity contribution >= 4 is 50.8 Å². The normalized spacial score (nSPS) is 10.7. The average molecular weight is 402 g/mol. The summed E-state index contributed by atoms with van der Waals surface area (Å²) in [6, 6.07) is 15.0. The van der Waals surface area contributed by atoms with Crippen LogP contribution in [0.1, 0.15) is 11.4 Å². The van der Waals surface area contributed by atoms with Gasteiger partial charge in [-0.15, -0.1) is 23.1 Å². The number of amides is 2. The molecule has 0 saturated heterocycles. The smallest absolute Gasteiger partial charge is 0.234 e. The van der Waals surface area contributed by atoms with Crippen molar-refractivity contribution in [3.63, 3.8) is 0 Å². The van der Waals surface area contributed by atoms with E-state index in [2.05, 4.69) is 16.4 Å². The molecule has 1 heterocycles. The fourth-order valence-corrected chi connectivity index (χ4v) is 4.16. The van der Waals surface area contributed by atoms with E-state index < -0.39 is 5.91 Å². The average Bonchev–Trinajstić information content (AvgIpc) is 3.05. The Morgan fingerprint density at radius 3 is 2.67 bits per heavy atom. The first kappa shape index (κ1) is 19.2. The zero-order valence-corrected chi connectivity index (χ0v) is 16.1. The first-order valence-corrected chi connectivity index (χ1v) is 10.3. The summed E-state index contributed by atoms with van der Waals surface area (Å²) in [5.41, 5.74) is 6.76. The van der Waals surface area contributed by atoms with Gasteiger partial charge in [0.15, 0.2) is 0 Å². The van der Waals surface area contributed by atoms with Crippen LogP contribution in [-0.2, 0) is 15.3 Å². The van der Waals surface area contributed by atoms with Crippen LogP contribution in [0, 0.1) is 0 Å². The van der Waals surface area contributed by atoms with Crippen LogP contribution < -0.4 is 15.8 Å². The van der Waals surface area contributed by atoms with Crippen molar-refractivity contribution in [2.45, 2.75) is 12.2 Å². The van der Waals surface area contributed by atoms with E-state index in [1.807, 2.05) is 18.2 Å². The third-order valence-electron chi connectivity index (χ3n) is 3.55. The Morgan fingerprint density at radius 2 is 1.93 bits per heavy atom. The Labute approximate surface area is 165 Å². The van der Waals surface area contributed by atoms with Crippen LogP contribution in [0.15, 0.2) is 48.5 Å². The van der Waals surface area contributed by atoms with Gasteiger partial charge in [0.1, 0.15) is 10.8 Å². The minimum atomic E-state index is -0.401. The molecule has 0 spiro atoms. The van der Waals surface area contributed by atoms with Gasteiger partial charge in [-0.3, -0.25) is 9.59 Å². The zero-order chi connectivity index (χ0) is 19.1. The molecule has 3 N–H and O–H groups in total. The van der Waals surface area contributed by atoms with Crippen molar-refractivity contribution in [1.29, 1.82) is 0 Å². The largest absolute Gasteiger partial charge is 0.493 e. The zero-order valence-electron chi connectivity index (χ0n) is 14.5. The lowest BCUT2D eigenvalue weighted by Gasteiger charge is -2.07. The Hall–Kier alpha value is -2.58. The number of nitrogens with zero attached hydrogens (tertiary/aromatic N) is 1. The highest BCUT2D eigenvalue weighted by Gasteiger charge is 2.07. The first-order chi connectivity index (χ1) is 13.1. The van der Waals surface area contributed by atoms with Gasteiger partial charge in [-0.2, -0.15) is 0 Å². The highest BCUT2D eigenvalue weighted by atomic mass is 32.2. The number of rotatable bonds is 9. The number of nitrogens with two attached hydrogens (primary N) is 1. The summed E-state index contributed by atoms with van der Waals surface area (Å²) in [7, 11) is 0. The molecule has 0 aliphatic rings. The molecule has 0 fully saturated rings. The molecule has 0 saturated carbocycles. The first-order valence-electron chi connectivity index (χ1n) is 8.33. The van der Waals surface area contributed by atoms with Gasteiger partial charge in [-0.25, -0.2) is 4.98 Å². The number of aromatic nitrogens is 1. The molecule has 0 bridgehead atoms. The fourth-order valence-electron chi connectivity index (χ4n) is 2.31. The summed E-state index contributed by atoms with van der Waals surface area (Å²) >= 11 is 3.19. The van der Waals surface area contributed by atoms with E-state index >= 15 is 0 Å². The summed E-state index contributed by atoms with van der Waals surface area (Å²) in [6.45, 7) is 0.240. The number of thiazole rings is 1. The third-order valence-corrected chi connectivity index (χ3v) is 5.72. The summed E-state index contributed by atoms with van der Waals surface area (Å²) in [5, 5.41) is 3.87. The number of nitrogens with one attached hydrogen (secondary N) is 1. The summed E-state index contributed by atoms with van der Waals surface area (Å²) in [5.74, 6) is 1.22. The van der Waals surface area contributed by atoms with Crippen molar-refractivity contribution < 1.29 is 14.3 Å². The van der Waals surface area contributed by atoms with Gasteiger partial charge >= 0.3 is 0 Å². The number of para-hydroxylation sites is 1. The molecule has 0 atom stereocenters. The van der Waals surface area contributed by atoms with Crippen LogP contribution in [0.2, 0.25) is 0 Å². The molecular formula is C19H19N3O3S2. The predicted octanol–water partition coefficient (Wildman–Crippen LogP) is 3.42. The maximum Gasteiger partial charge on any atom is 0.234 e. The van der Waals surface area contributed by atoms with Crippen LogP contribution in [0.25, 0.3) is 10.2 Å². The second kappa shape index (κ2) is 9.38. The van der Waals surface area contributed by atoms with Gasteiger partial charge in [-0.1, -0.05) is 12.1 Å². The number of hydrogen-bond acceptors (Lipinski definition) is 6.